The van der Waals surface area contributed by atoms with Crippen LogP contribution in [0.15, 0.2) is 0 Å². The van der Waals surface area contributed by atoms with Gasteiger partial charge < -0.3 is 10.2 Å². The molecule has 0 amide bonds. The Labute approximate surface area is 87.1 Å². The van der Waals surface area contributed by atoms with E-state index in [1.807, 2.05) is 7.05 Å². The number of nitrogens with one attached hydrogen (secondary N) is 1. The first-order valence-corrected chi connectivity index (χ1v) is 5.46. The van der Waals surface area contributed by atoms with E-state index in [-0.39, 0.29) is 6.04 Å². The van der Waals surface area contributed by atoms with Gasteiger partial charge in [0.2, 0.25) is 0 Å². The summed E-state index contributed by atoms with van der Waals surface area (Å²) in [6.07, 6.45) is 3.69. The van der Waals surface area contributed by atoms with E-state index in [9.17, 15) is 0 Å². The molecule has 80 valence electrons. The third kappa shape index (κ3) is 3.28. The van der Waals surface area contributed by atoms with Gasteiger partial charge >= 0.3 is 0 Å². The summed E-state index contributed by atoms with van der Waals surface area (Å²) in [7, 11) is 4.01. The first-order chi connectivity index (χ1) is 6.69. The van der Waals surface area contributed by atoms with Crippen LogP contribution in [0, 0.1) is 17.2 Å². The van der Waals surface area contributed by atoms with Gasteiger partial charge in [-0.25, -0.2) is 0 Å². The highest BCUT2D eigenvalue weighted by atomic mass is 15.1. The fraction of sp³-hybridized carbons (Fsp3) is 0.909. The first kappa shape index (κ1) is 11.5. The number of hydrogen-bond donors (Lipinski definition) is 1. The van der Waals surface area contributed by atoms with Crippen molar-refractivity contribution in [3.05, 3.63) is 0 Å². The van der Waals surface area contributed by atoms with Crippen LogP contribution in [0.3, 0.4) is 0 Å². The second-order valence-electron chi connectivity index (χ2n) is 4.32. The average molecular weight is 195 g/mol. The molecule has 3 heteroatoms. The number of nitrogens with zero attached hydrogens (tertiary/aromatic N) is 2. The molecule has 1 aliphatic rings. The average Bonchev–Trinajstić information content (AvgIpc) is 3.01. The van der Waals surface area contributed by atoms with Crippen LogP contribution in [-0.2, 0) is 0 Å². The molecule has 0 aromatic heterocycles. The molecule has 3 nitrogen and oxygen atoms in total. The Kier molecular flexibility index (Phi) is 4.37. The Morgan fingerprint density at radius 2 is 2.21 bits per heavy atom. The minimum atomic E-state index is 0.00357. The summed E-state index contributed by atoms with van der Waals surface area (Å²) in [6.45, 7) is 3.30. The van der Waals surface area contributed by atoms with Crippen molar-refractivity contribution in [1.29, 1.82) is 5.26 Å². The van der Waals surface area contributed by atoms with Gasteiger partial charge in [0.05, 0.1) is 12.1 Å². The molecule has 0 aliphatic heterocycles. The van der Waals surface area contributed by atoms with Gasteiger partial charge in [0, 0.05) is 12.6 Å². The molecule has 1 N–H and O–H groups in total. The summed E-state index contributed by atoms with van der Waals surface area (Å²) in [5.41, 5.74) is 0. The van der Waals surface area contributed by atoms with Crippen LogP contribution in [0.4, 0.5) is 0 Å². The lowest BCUT2D eigenvalue weighted by Gasteiger charge is -2.25. The normalized spacial score (nSPS) is 20.5. The lowest BCUT2D eigenvalue weighted by molar-refractivity contribution is 0.228. The van der Waals surface area contributed by atoms with Crippen LogP contribution < -0.4 is 5.32 Å². The highest BCUT2D eigenvalue weighted by Gasteiger charge is 2.30. The molecule has 2 unspecified atom stereocenters. The van der Waals surface area contributed by atoms with E-state index in [0.29, 0.717) is 6.04 Å². The molecule has 1 aliphatic carbocycles. The Bertz CT molecular complexity index is 205. The van der Waals surface area contributed by atoms with Crippen LogP contribution >= 0.6 is 0 Å². The number of nitriles is 1. The van der Waals surface area contributed by atoms with E-state index in [1.54, 1.807) is 0 Å². The number of rotatable bonds is 6. The maximum Gasteiger partial charge on any atom is 0.0962 e. The summed E-state index contributed by atoms with van der Waals surface area (Å²) in [5.74, 6) is 0.912. The zero-order chi connectivity index (χ0) is 10.6. The van der Waals surface area contributed by atoms with E-state index in [2.05, 4.69) is 30.3 Å². The van der Waals surface area contributed by atoms with Gasteiger partial charge in [-0.2, -0.15) is 5.26 Å². The molecule has 1 saturated carbocycles. The van der Waals surface area contributed by atoms with E-state index in [0.717, 1.165) is 18.9 Å². The monoisotopic (exact) mass is 195 g/mol. The van der Waals surface area contributed by atoms with Gasteiger partial charge in [0.15, 0.2) is 0 Å². The molecule has 0 aromatic rings. The summed E-state index contributed by atoms with van der Waals surface area (Å²) in [4.78, 5) is 2.37. The molecule has 0 saturated heterocycles. The zero-order valence-corrected chi connectivity index (χ0v) is 9.45. The van der Waals surface area contributed by atoms with Crippen LogP contribution in [0.1, 0.15) is 26.2 Å². The van der Waals surface area contributed by atoms with Gasteiger partial charge in [-0.05, 0) is 46.2 Å². The van der Waals surface area contributed by atoms with Crippen LogP contribution in [0.2, 0.25) is 0 Å². The van der Waals surface area contributed by atoms with Crippen molar-refractivity contribution >= 4 is 0 Å². The lowest BCUT2D eigenvalue weighted by atomic mass is 10.1. The van der Waals surface area contributed by atoms with Gasteiger partial charge in [0.25, 0.3) is 0 Å². The summed E-state index contributed by atoms with van der Waals surface area (Å²) in [5, 5.41) is 11.8. The summed E-state index contributed by atoms with van der Waals surface area (Å²) in [6, 6.07) is 2.94. The molecule has 1 fully saturated rings. The second-order valence-corrected chi connectivity index (χ2v) is 4.32. The predicted octanol–water partition coefficient (Wildman–Crippen LogP) is 1.22. The van der Waals surface area contributed by atoms with Gasteiger partial charge in [0.1, 0.15) is 0 Å². The van der Waals surface area contributed by atoms with Crippen molar-refractivity contribution in [2.45, 2.75) is 38.3 Å². The molecular weight excluding hydrogens is 174 g/mol. The highest BCUT2D eigenvalue weighted by molar-refractivity contribution is 4.90. The van der Waals surface area contributed by atoms with Crippen LogP contribution in [0.25, 0.3) is 0 Å². The first-order valence-electron chi connectivity index (χ1n) is 5.46. The minimum absolute atomic E-state index is 0.00357. The standard InChI is InChI=1S/C11H21N3/c1-9(10-4-5-10)14(3)7-6-11(8-12)13-2/h9-11,13H,4-7H2,1-3H3. The second kappa shape index (κ2) is 5.33. The third-order valence-corrected chi connectivity index (χ3v) is 3.27. The van der Waals surface area contributed by atoms with E-state index in [1.165, 1.54) is 12.8 Å². The van der Waals surface area contributed by atoms with Gasteiger partial charge in [-0.15, -0.1) is 0 Å². The molecule has 2 atom stereocenters. The van der Waals surface area contributed by atoms with Crippen molar-refractivity contribution in [2.24, 2.45) is 5.92 Å². The van der Waals surface area contributed by atoms with Crippen molar-refractivity contribution in [2.75, 3.05) is 20.6 Å². The summed E-state index contributed by atoms with van der Waals surface area (Å²) < 4.78 is 0. The van der Waals surface area contributed by atoms with Crippen molar-refractivity contribution < 1.29 is 0 Å². The SMILES string of the molecule is CNC(C#N)CCN(C)C(C)C1CC1. The lowest BCUT2D eigenvalue weighted by Crippen LogP contribution is -2.35. The van der Waals surface area contributed by atoms with Gasteiger partial charge in [-0.1, -0.05) is 0 Å². The summed E-state index contributed by atoms with van der Waals surface area (Å²) >= 11 is 0. The fourth-order valence-electron chi connectivity index (χ4n) is 1.75. The quantitative estimate of drug-likeness (QED) is 0.692. The molecule has 0 heterocycles. The Morgan fingerprint density at radius 3 is 2.64 bits per heavy atom. The van der Waals surface area contributed by atoms with Crippen molar-refractivity contribution in [3.8, 4) is 6.07 Å². The maximum absolute atomic E-state index is 8.77. The molecule has 14 heavy (non-hydrogen) atoms. The zero-order valence-electron chi connectivity index (χ0n) is 9.45. The largest absolute Gasteiger partial charge is 0.305 e. The molecule has 1 rings (SSSR count). The Balaban J connectivity index is 2.19. The molecule has 0 spiro atoms. The van der Waals surface area contributed by atoms with Crippen LogP contribution in [-0.4, -0.2) is 37.6 Å². The van der Waals surface area contributed by atoms with E-state index in [4.69, 9.17) is 5.26 Å². The topological polar surface area (TPSA) is 39.1 Å². The molecule has 0 bridgehead atoms. The van der Waals surface area contributed by atoms with Crippen LogP contribution in [0.5, 0.6) is 0 Å². The Hall–Kier alpha value is -0.590. The van der Waals surface area contributed by atoms with Gasteiger partial charge in [-0.3, -0.25) is 0 Å². The molecular formula is C11H21N3. The van der Waals surface area contributed by atoms with E-state index < -0.39 is 0 Å². The third-order valence-electron chi connectivity index (χ3n) is 3.27. The number of hydrogen-bond acceptors (Lipinski definition) is 3. The smallest absolute Gasteiger partial charge is 0.0962 e. The minimum Gasteiger partial charge on any atom is -0.305 e. The highest BCUT2D eigenvalue weighted by Crippen LogP contribution is 2.34. The maximum atomic E-state index is 8.77. The van der Waals surface area contributed by atoms with Crippen molar-refractivity contribution in [1.82, 2.24) is 10.2 Å². The van der Waals surface area contributed by atoms with Crippen molar-refractivity contribution in [3.63, 3.8) is 0 Å². The molecule has 0 radical (unpaired) electrons. The van der Waals surface area contributed by atoms with E-state index >= 15 is 0 Å². The molecule has 0 aromatic carbocycles. The Morgan fingerprint density at radius 1 is 1.57 bits per heavy atom. The fourth-order valence-corrected chi connectivity index (χ4v) is 1.75. The predicted molar refractivity (Wildman–Crippen MR) is 57.9 cm³/mol.